The van der Waals surface area contributed by atoms with Crippen LogP contribution in [0, 0.1) is 0 Å². The molecule has 0 aliphatic heterocycles. The second-order valence-electron chi connectivity index (χ2n) is 5.42. The zero-order valence-electron chi connectivity index (χ0n) is 13.9. The normalized spacial score (nSPS) is 11.2. The molecule has 7 heteroatoms. The summed E-state index contributed by atoms with van der Waals surface area (Å²) >= 11 is 0. The highest BCUT2D eigenvalue weighted by Crippen LogP contribution is 2.14. The van der Waals surface area contributed by atoms with Gasteiger partial charge in [-0.2, -0.15) is 5.10 Å². The van der Waals surface area contributed by atoms with Gasteiger partial charge in [0.15, 0.2) is 0 Å². The third kappa shape index (κ3) is 4.64. The van der Waals surface area contributed by atoms with E-state index in [2.05, 4.69) is 20.8 Å². The van der Waals surface area contributed by atoms with Crippen LogP contribution in [0.4, 0.5) is 0 Å². The van der Waals surface area contributed by atoms with Crippen LogP contribution in [0.2, 0.25) is 0 Å². The molecule has 130 valence electrons. The molecule has 0 fully saturated rings. The van der Waals surface area contributed by atoms with Gasteiger partial charge in [-0.15, -0.1) is 5.10 Å². The van der Waals surface area contributed by atoms with Crippen LogP contribution in [0.1, 0.15) is 21.6 Å². The third-order valence-electron chi connectivity index (χ3n) is 3.49. The lowest BCUT2D eigenvalue weighted by Gasteiger charge is -2.01. The van der Waals surface area contributed by atoms with Crippen molar-refractivity contribution in [2.45, 2.75) is 6.54 Å². The average molecular weight is 347 g/mol. The van der Waals surface area contributed by atoms with Crippen molar-refractivity contribution in [2.24, 2.45) is 5.10 Å². The number of carbonyl (C=O) groups is 1. The van der Waals surface area contributed by atoms with Crippen molar-refractivity contribution in [3.63, 3.8) is 0 Å². The number of allylic oxidation sites excluding steroid dienone is 1. The summed E-state index contributed by atoms with van der Waals surface area (Å²) in [4.78, 5) is 11.8. The zero-order chi connectivity index (χ0) is 18.2. The molecular weight excluding hydrogens is 330 g/mol. The number of hydrogen-bond donors (Lipinski definition) is 2. The standard InChI is InChI=1S/C19H17N5O2/c25-18-11-5-4-10-17(18)19(26)22-20-12-6-9-16-14-24(23-21-16)13-15-7-2-1-3-8-15/h1-12,14,25H,13H2,(H,22,26)/b9-6+,20-12-. The van der Waals surface area contributed by atoms with E-state index in [9.17, 15) is 9.90 Å². The molecular formula is C19H17N5O2. The Hall–Kier alpha value is -3.74. The number of nitrogens with zero attached hydrogens (tertiary/aromatic N) is 4. The first-order valence-corrected chi connectivity index (χ1v) is 7.94. The molecule has 0 aliphatic rings. The number of carbonyl (C=O) groups excluding carboxylic acids is 1. The van der Waals surface area contributed by atoms with Gasteiger partial charge in [-0.1, -0.05) is 47.7 Å². The number of aromatic hydroxyl groups is 1. The van der Waals surface area contributed by atoms with Crippen LogP contribution in [-0.2, 0) is 6.54 Å². The molecule has 2 aromatic carbocycles. The Kier molecular flexibility index (Phi) is 5.51. The second-order valence-corrected chi connectivity index (χ2v) is 5.42. The van der Waals surface area contributed by atoms with E-state index in [0.29, 0.717) is 12.2 Å². The maximum Gasteiger partial charge on any atom is 0.275 e. The highest BCUT2D eigenvalue weighted by molar-refractivity contribution is 5.97. The fourth-order valence-electron chi connectivity index (χ4n) is 2.24. The molecule has 1 aromatic heterocycles. The van der Waals surface area contributed by atoms with E-state index in [1.54, 1.807) is 29.0 Å². The van der Waals surface area contributed by atoms with Gasteiger partial charge in [0.2, 0.25) is 0 Å². The third-order valence-corrected chi connectivity index (χ3v) is 3.49. The van der Waals surface area contributed by atoms with Crippen molar-refractivity contribution in [1.29, 1.82) is 0 Å². The van der Waals surface area contributed by atoms with Gasteiger partial charge < -0.3 is 5.11 Å². The first-order valence-electron chi connectivity index (χ1n) is 7.94. The molecule has 3 aromatic rings. The van der Waals surface area contributed by atoms with Gasteiger partial charge in [-0.05, 0) is 29.8 Å². The molecule has 3 rings (SSSR count). The number of phenols is 1. The molecule has 0 unspecified atom stereocenters. The highest BCUT2D eigenvalue weighted by Gasteiger charge is 2.08. The van der Waals surface area contributed by atoms with E-state index in [1.165, 1.54) is 18.3 Å². The molecule has 0 radical (unpaired) electrons. The highest BCUT2D eigenvalue weighted by atomic mass is 16.3. The molecule has 1 heterocycles. The van der Waals surface area contributed by atoms with Crippen LogP contribution in [0.5, 0.6) is 5.75 Å². The molecule has 0 spiro atoms. The van der Waals surface area contributed by atoms with E-state index in [-0.39, 0.29) is 11.3 Å². The van der Waals surface area contributed by atoms with Gasteiger partial charge in [0.1, 0.15) is 11.4 Å². The van der Waals surface area contributed by atoms with Crippen LogP contribution in [0.25, 0.3) is 6.08 Å². The summed E-state index contributed by atoms with van der Waals surface area (Å²) in [5.74, 6) is -0.577. The predicted octanol–water partition coefficient (Wildman–Crippen LogP) is 2.46. The van der Waals surface area contributed by atoms with Gasteiger partial charge in [-0.3, -0.25) is 4.79 Å². The molecule has 0 atom stereocenters. The summed E-state index contributed by atoms with van der Waals surface area (Å²) in [6.45, 7) is 0.645. The van der Waals surface area contributed by atoms with Crippen molar-refractivity contribution < 1.29 is 9.90 Å². The Bertz CT molecular complexity index is 932. The minimum Gasteiger partial charge on any atom is -0.507 e. The van der Waals surface area contributed by atoms with E-state index in [1.807, 2.05) is 36.5 Å². The van der Waals surface area contributed by atoms with Crippen LogP contribution < -0.4 is 5.43 Å². The molecule has 0 saturated heterocycles. The lowest BCUT2D eigenvalue weighted by atomic mass is 10.2. The molecule has 0 saturated carbocycles. The molecule has 26 heavy (non-hydrogen) atoms. The fraction of sp³-hybridized carbons (Fsp3) is 0.0526. The summed E-state index contributed by atoms with van der Waals surface area (Å²) in [5, 5.41) is 21.5. The number of hydrazone groups is 1. The average Bonchev–Trinajstić information content (AvgIpc) is 3.10. The number of amides is 1. The summed E-state index contributed by atoms with van der Waals surface area (Å²) in [6, 6.07) is 16.2. The topological polar surface area (TPSA) is 92.4 Å². The molecule has 0 aliphatic carbocycles. The van der Waals surface area contributed by atoms with Gasteiger partial charge in [0.05, 0.1) is 18.3 Å². The van der Waals surface area contributed by atoms with Crippen molar-refractivity contribution in [1.82, 2.24) is 20.4 Å². The first-order chi connectivity index (χ1) is 12.7. The summed E-state index contributed by atoms with van der Waals surface area (Å²) in [5.41, 5.74) is 4.33. The lowest BCUT2D eigenvalue weighted by Crippen LogP contribution is -2.17. The van der Waals surface area contributed by atoms with Gasteiger partial charge in [0.25, 0.3) is 5.91 Å². The number of nitrogens with one attached hydrogen (secondary N) is 1. The summed E-state index contributed by atoms with van der Waals surface area (Å²) in [6.07, 6.45) is 6.61. The Morgan fingerprint density at radius 3 is 2.73 bits per heavy atom. The Morgan fingerprint density at radius 2 is 1.92 bits per heavy atom. The number of aromatic nitrogens is 3. The van der Waals surface area contributed by atoms with Crippen LogP contribution >= 0.6 is 0 Å². The summed E-state index contributed by atoms with van der Waals surface area (Å²) < 4.78 is 1.74. The SMILES string of the molecule is O=C(N/N=C\C=C\c1cn(Cc2ccccc2)nn1)c1ccccc1O. The van der Waals surface area contributed by atoms with E-state index in [0.717, 1.165) is 5.56 Å². The maximum atomic E-state index is 11.8. The van der Waals surface area contributed by atoms with Crippen molar-refractivity contribution >= 4 is 18.2 Å². The minimum atomic E-state index is -0.485. The number of para-hydroxylation sites is 1. The molecule has 0 bridgehead atoms. The Balaban J connectivity index is 1.52. The number of rotatable bonds is 6. The van der Waals surface area contributed by atoms with E-state index in [4.69, 9.17) is 0 Å². The largest absolute Gasteiger partial charge is 0.507 e. The van der Waals surface area contributed by atoms with Gasteiger partial charge in [-0.25, -0.2) is 10.1 Å². The second kappa shape index (κ2) is 8.39. The molecule has 7 nitrogen and oxygen atoms in total. The monoisotopic (exact) mass is 347 g/mol. The van der Waals surface area contributed by atoms with Gasteiger partial charge >= 0.3 is 0 Å². The van der Waals surface area contributed by atoms with Crippen molar-refractivity contribution in [2.75, 3.05) is 0 Å². The fourth-order valence-corrected chi connectivity index (χ4v) is 2.24. The zero-order valence-corrected chi connectivity index (χ0v) is 13.9. The predicted molar refractivity (Wildman–Crippen MR) is 98.7 cm³/mol. The quantitative estimate of drug-likeness (QED) is 0.529. The summed E-state index contributed by atoms with van der Waals surface area (Å²) in [7, 11) is 0. The molecule has 2 N–H and O–H groups in total. The Labute approximate surface area is 150 Å². The van der Waals surface area contributed by atoms with Crippen LogP contribution in [-0.4, -0.2) is 32.2 Å². The lowest BCUT2D eigenvalue weighted by molar-refractivity contribution is 0.0952. The van der Waals surface area contributed by atoms with Crippen LogP contribution in [0.15, 0.2) is 72.0 Å². The van der Waals surface area contributed by atoms with E-state index >= 15 is 0 Å². The number of hydrogen-bond acceptors (Lipinski definition) is 5. The van der Waals surface area contributed by atoms with Crippen LogP contribution in [0.3, 0.4) is 0 Å². The smallest absolute Gasteiger partial charge is 0.275 e. The van der Waals surface area contributed by atoms with Gasteiger partial charge in [0, 0.05) is 6.21 Å². The number of phenolic OH excluding ortho intramolecular Hbond substituents is 1. The number of benzene rings is 2. The van der Waals surface area contributed by atoms with Crippen molar-refractivity contribution in [3.8, 4) is 5.75 Å². The Morgan fingerprint density at radius 1 is 1.15 bits per heavy atom. The van der Waals surface area contributed by atoms with E-state index < -0.39 is 5.91 Å². The minimum absolute atomic E-state index is 0.0919. The molecule has 1 amide bonds. The van der Waals surface area contributed by atoms with Crippen molar-refractivity contribution in [3.05, 3.63) is 83.7 Å². The first kappa shape index (κ1) is 17.1. The maximum absolute atomic E-state index is 11.8.